The summed E-state index contributed by atoms with van der Waals surface area (Å²) in [4.78, 5) is 12.4. The first kappa shape index (κ1) is 23.7. The number of hydrogen-bond acceptors (Lipinski definition) is 7. The van der Waals surface area contributed by atoms with Gasteiger partial charge in [-0.15, -0.1) is 0 Å². The maximum absolute atomic E-state index is 6.23. The molecule has 3 aromatic rings. The zero-order valence-electron chi connectivity index (χ0n) is 21.5. The molecule has 2 aliphatic heterocycles. The van der Waals surface area contributed by atoms with Crippen LogP contribution in [0.4, 0.5) is 5.82 Å². The number of pyridine rings is 1. The molecule has 0 bridgehead atoms. The molecular formula is C29H39N5O2. The Hall–Kier alpha value is -2.64. The van der Waals surface area contributed by atoms with Crippen molar-refractivity contribution in [2.24, 2.45) is 5.92 Å². The topological polar surface area (TPSA) is 57.9 Å². The minimum atomic E-state index is 0.552. The molecule has 3 fully saturated rings. The lowest BCUT2D eigenvalue weighted by Crippen LogP contribution is -2.57. The Kier molecular flexibility index (Phi) is 7.10. The fourth-order valence-corrected chi connectivity index (χ4v) is 6.42. The van der Waals surface area contributed by atoms with Crippen LogP contribution < -0.4 is 9.64 Å². The van der Waals surface area contributed by atoms with Crippen LogP contribution in [0.25, 0.3) is 11.0 Å². The van der Waals surface area contributed by atoms with Gasteiger partial charge in [-0.05, 0) is 50.9 Å². The van der Waals surface area contributed by atoms with Crippen molar-refractivity contribution in [1.82, 2.24) is 19.9 Å². The summed E-state index contributed by atoms with van der Waals surface area (Å²) in [5.41, 5.74) is 1.98. The minimum Gasteiger partial charge on any atom is -0.477 e. The molecule has 1 aromatic carbocycles. The SMILES string of the molecule is CN(Cc1cccc(OC[C@@H]2CC[C@H]3CN(c4noc5ccccc45)CCN3C2)n1)C1CCCCC1. The molecule has 0 unspecified atom stereocenters. The van der Waals surface area contributed by atoms with E-state index in [2.05, 4.69) is 51.2 Å². The number of ether oxygens (including phenoxy) is 1. The lowest BCUT2D eigenvalue weighted by atomic mass is 9.91. The van der Waals surface area contributed by atoms with Crippen molar-refractivity contribution in [2.45, 2.75) is 63.6 Å². The number of aromatic nitrogens is 2. The summed E-state index contributed by atoms with van der Waals surface area (Å²) in [5.74, 6) is 2.32. The molecule has 192 valence electrons. The predicted octanol–water partition coefficient (Wildman–Crippen LogP) is 4.97. The zero-order chi connectivity index (χ0) is 24.3. The van der Waals surface area contributed by atoms with Crippen LogP contribution in [-0.4, -0.2) is 71.9 Å². The highest BCUT2D eigenvalue weighted by Crippen LogP contribution is 2.31. The van der Waals surface area contributed by atoms with Crippen LogP contribution in [0.3, 0.4) is 0 Å². The van der Waals surface area contributed by atoms with Crippen molar-refractivity contribution >= 4 is 16.8 Å². The molecule has 1 aliphatic carbocycles. The molecular weight excluding hydrogens is 450 g/mol. The molecule has 7 nitrogen and oxygen atoms in total. The van der Waals surface area contributed by atoms with Crippen molar-refractivity contribution in [3.63, 3.8) is 0 Å². The van der Waals surface area contributed by atoms with Gasteiger partial charge in [-0.1, -0.05) is 42.6 Å². The van der Waals surface area contributed by atoms with E-state index in [1.54, 1.807) is 0 Å². The normalized spacial score (nSPS) is 23.8. The number of anilines is 1. The minimum absolute atomic E-state index is 0.552. The third-order valence-electron chi connectivity index (χ3n) is 8.52. The molecule has 2 saturated heterocycles. The number of piperidine rings is 1. The molecule has 0 spiro atoms. The number of para-hydroxylation sites is 1. The number of rotatable bonds is 7. The van der Waals surface area contributed by atoms with Crippen molar-refractivity contribution in [3.8, 4) is 5.88 Å². The second-order valence-corrected chi connectivity index (χ2v) is 11.0. The second kappa shape index (κ2) is 10.8. The Morgan fingerprint density at radius 2 is 1.86 bits per heavy atom. The molecule has 4 heterocycles. The first-order valence-corrected chi connectivity index (χ1v) is 13.9. The molecule has 0 amide bonds. The number of piperazine rings is 1. The Balaban J connectivity index is 0.998. The van der Waals surface area contributed by atoms with Crippen LogP contribution in [0.2, 0.25) is 0 Å². The number of hydrogen-bond donors (Lipinski definition) is 0. The lowest BCUT2D eigenvalue weighted by molar-refractivity contribution is 0.0715. The quantitative estimate of drug-likeness (QED) is 0.465. The van der Waals surface area contributed by atoms with Crippen molar-refractivity contribution in [2.75, 3.05) is 44.7 Å². The van der Waals surface area contributed by atoms with Gasteiger partial charge in [0.05, 0.1) is 17.7 Å². The van der Waals surface area contributed by atoms with Crippen molar-refractivity contribution < 1.29 is 9.26 Å². The summed E-state index contributed by atoms with van der Waals surface area (Å²) in [5, 5.41) is 5.51. The van der Waals surface area contributed by atoms with Crippen molar-refractivity contribution in [1.29, 1.82) is 0 Å². The van der Waals surface area contributed by atoms with Crippen LogP contribution in [0.15, 0.2) is 47.0 Å². The van der Waals surface area contributed by atoms with Gasteiger partial charge >= 0.3 is 0 Å². The average molecular weight is 490 g/mol. The van der Waals surface area contributed by atoms with E-state index in [4.69, 9.17) is 14.2 Å². The fraction of sp³-hybridized carbons (Fsp3) is 0.586. The maximum Gasteiger partial charge on any atom is 0.213 e. The van der Waals surface area contributed by atoms with E-state index in [0.717, 1.165) is 67.7 Å². The van der Waals surface area contributed by atoms with Gasteiger partial charge in [-0.3, -0.25) is 9.80 Å². The molecule has 0 N–H and O–H groups in total. The molecule has 2 aromatic heterocycles. The highest BCUT2D eigenvalue weighted by atomic mass is 16.5. The summed E-state index contributed by atoms with van der Waals surface area (Å²) in [6, 6.07) is 15.7. The van der Waals surface area contributed by atoms with E-state index in [-0.39, 0.29) is 0 Å². The Morgan fingerprint density at radius 3 is 2.78 bits per heavy atom. The van der Waals surface area contributed by atoms with Gasteiger partial charge in [0.2, 0.25) is 5.88 Å². The summed E-state index contributed by atoms with van der Waals surface area (Å²) in [6.07, 6.45) is 9.14. The summed E-state index contributed by atoms with van der Waals surface area (Å²) in [7, 11) is 2.24. The average Bonchev–Trinajstić information content (AvgIpc) is 3.36. The molecule has 36 heavy (non-hydrogen) atoms. The molecule has 2 atom stereocenters. The third kappa shape index (κ3) is 5.23. The summed E-state index contributed by atoms with van der Waals surface area (Å²) >= 11 is 0. The first-order chi connectivity index (χ1) is 17.7. The zero-order valence-corrected chi connectivity index (χ0v) is 21.5. The van der Waals surface area contributed by atoms with Gasteiger partial charge in [-0.2, -0.15) is 0 Å². The second-order valence-electron chi connectivity index (χ2n) is 11.0. The van der Waals surface area contributed by atoms with Gasteiger partial charge in [0.25, 0.3) is 0 Å². The highest BCUT2D eigenvalue weighted by molar-refractivity contribution is 5.88. The largest absolute Gasteiger partial charge is 0.477 e. The van der Waals surface area contributed by atoms with Gasteiger partial charge in [0.1, 0.15) is 0 Å². The molecule has 1 saturated carbocycles. The van der Waals surface area contributed by atoms with E-state index in [1.165, 1.54) is 44.9 Å². The molecule has 6 rings (SSSR count). The number of fused-ring (bicyclic) bond motifs is 2. The van der Waals surface area contributed by atoms with Crippen LogP contribution in [0, 0.1) is 5.92 Å². The van der Waals surface area contributed by atoms with Crippen LogP contribution >= 0.6 is 0 Å². The Morgan fingerprint density at radius 1 is 0.972 bits per heavy atom. The third-order valence-corrected chi connectivity index (χ3v) is 8.52. The first-order valence-electron chi connectivity index (χ1n) is 13.9. The Labute approximate surface area is 214 Å². The van der Waals surface area contributed by atoms with Crippen molar-refractivity contribution in [3.05, 3.63) is 48.2 Å². The van der Waals surface area contributed by atoms with Gasteiger partial charge in [0.15, 0.2) is 11.4 Å². The van der Waals surface area contributed by atoms with Gasteiger partial charge in [-0.25, -0.2) is 4.98 Å². The van der Waals surface area contributed by atoms with Crippen LogP contribution in [0.1, 0.15) is 50.6 Å². The molecule has 0 radical (unpaired) electrons. The fourth-order valence-electron chi connectivity index (χ4n) is 6.42. The van der Waals surface area contributed by atoms with E-state index in [1.807, 2.05) is 18.2 Å². The standard InChI is InChI=1S/C29H39N5O2/c1-32(24-9-3-2-4-10-24)19-23-8-7-13-28(30-23)35-21-22-14-15-25-20-34(17-16-33(25)18-22)29-26-11-5-6-12-27(26)36-31-29/h5-8,11-13,22,24-25H,2-4,9-10,14-21H2,1H3/t22-,25+/m1/s1. The smallest absolute Gasteiger partial charge is 0.213 e. The summed E-state index contributed by atoms with van der Waals surface area (Å²) in [6.45, 7) is 5.81. The van der Waals surface area contributed by atoms with E-state index in [9.17, 15) is 0 Å². The monoisotopic (exact) mass is 489 g/mol. The lowest BCUT2D eigenvalue weighted by Gasteiger charge is -2.46. The van der Waals surface area contributed by atoms with E-state index in [0.29, 0.717) is 18.0 Å². The number of benzene rings is 1. The van der Waals surface area contributed by atoms with E-state index >= 15 is 0 Å². The predicted molar refractivity (Wildman–Crippen MR) is 142 cm³/mol. The van der Waals surface area contributed by atoms with Crippen LogP contribution in [-0.2, 0) is 6.54 Å². The van der Waals surface area contributed by atoms with E-state index < -0.39 is 0 Å². The Bertz CT molecular complexity index is 1140. The molecule has 3 aliphatic rings. The van der Waals surface area contributed by atoms with Gasteiger partial charge < -0.3 is 14.2 Å². The number of nitrogens with zero attached hydrogens (tertiary/aromatic N) is 5. The van der Waals surface area contributed by atoms with Crippen LogP contribution in [0.5, 0.6) is 5.88 Å². The maximum atomic E-state index is 6.23. The highest BCUT2D eigenvalue weighted by Gasteiger charge is 2.34. The molecule has 7 heteroatoms. The van der Waals surface area contributed by atoms with Gasteiger partial charge in [0, 0.05) is 56.8 Å². The summed E-state index contributed by atoms with van der Waals surface area (Å²) < 4.78 is 11.8.